The van der Waals surface area contributed by atoms with Gasteiger partial charge in [-0.15, -0.1) is 11.3 Å². The topological polar surface area (TPSA) is 66.4 Å². The molecule has 2 rings (SSSR count). The van der Waals surface area contributed by atoms with Gasteiger partial charge >= 0.3 is 5.97 Å². The number of aryl methyl sites for hydroxylation is 1. The minimum Gasteiger partial charge on any atom is -0.478 e. The van der Waals surface area contributed by atoms with Crippen molar-refractivity contribution in [1.29, 1.82) is 0 Å². The molecule has 0 aromatic carbocycles. The molecule has 2 N–H and O–H groups in total. The second kappa shape index (κ2) is 5.52. The quantitative estimate of drug-likeness (QED) is 0.879. The lowest BCUT2D eigenvalue weighted by Crippen LogP contribution is -2.15. The third kappa shape index (κ3) is 3.10. The normalized spacial score (nSPS) is 15.8. The summed E-state index contributed by atoms with van der Waals surface area (Å²) in [7, 11) is 0. The monoisotopic (exact) mass is 267 g/mol. The maximum atomic E-state index is 11.9. The van der Waals surface area contributed by atoms with Crippen molar-refractivity contribution in [3.8, 4) is 0 Å². The first-order valence-electron chi connectivity index (χ1n) is 6.20. The van der Waals surface area contributed by atoms with Gasteiger partial charge in [-0.2, -0.15) is 0 Å². The van der Waals surface area contributed by atoms with Crippen LogP contribution in [0.1, 0.15) is 47.3 Å². The highest BCUT2D eigenvalue weighted by atomic mass is 32.1. The van der Waals surface area contributed by atoms with E-state index in [-0.39, 0.29) is 11.5 Å². The van der Waals surface area contributed by atoms with E-state index in [4.69, 9.17) is 5.11 Å². The lowest BCUT2D eigenvalue weighted by Gasteiger charge is -2.08. The van der Waals surface area contributed by atoms with E-state index in [0.717, 1.165) is 17.7 Å². The average molecular weight is 267 g/mol. The fraction of sp³-hybridized carbons (Fsp3) is 0.538. The predicted octanol–water partition coefficient (Wildman–Crippen LogP) is 3.27. The van der Waals surface area contributed by atoms with E-state index >= 15 is 0 Å². The Morgan fingerprint density at radius 2 is 2.11 bits per heavy atom. The van der Waals surface area contributed by atoms with E-state index in [2.05, 4.69) is 5.32 Å². The number of thiophene rings is 1. The molecular formula is C13H17NO3S. The summed E-state index contributed by atoms with van der Waals surface area (Å²) in [5.74, 6) is -0.582. The number of carbonyl (C=O) groups excluding carboxylic acids is 1. The van der Waals surface area contributed by atoms with Gasteiger partial charge in [0.2, 0.25) is 5.91 Å². The van der Waals surface area contributed by atoms with Crippen LogP contribution in [0.2, 0.25) is 0 Å². The summed E-state index contributed by atoms with van der Waals surface area (Å²) in [6.45, 7) is 1.84. The van der Waals surface area contributed by atoms with E-state index in [1.54, 1.807) is 6.07 Å². The van der Waals surface area contributed by atoms with Gasteiger partial charge in [-0.05, 0) is 31.7 Å². The van der Waals surface area contributed by atoms with Gasteiger partial charge in [0.15, 0.2) is 0 Å². The zero-order valence-corrected chi connectivity index (χ0v) is 11.2. The van der Waals surface area contributed by atoms with Gasteiger partial charge in [0, 0.05) is 11.3 Å². The first-order valence-corrected chi connectivity index (χ1v) is 7.01. The van der Waals surface area contributed by atoms with Crippen LogP contribution in [-0.4, -0.2) is 17.0 Å². The molecule has 1 saturated carbocycles. The molecular weight excluding hydrogens is 250 g/mol. The fourth-order valence-electron chi connectivity index (χ4n) is 2.42. The predicted molar refractivity (Wildman–Crippen MR) is 71.2 cm³/mol. The number of carboxylic acid groups (broad SMARTS) is 1. The van der Waals surface area contributed by atoms with E-state index in [1.807, 2.05) is 6.92 Å². The zero-order chi connectivity index (χ0) is 13.1. The Kier molecular flexibility index (Phi) is 4.01. The van der Waals surface area contributed by atoms with Crippen molar-refractivity contribution in [3.63, 3.8) is 0 Å². The number of rotatable bonds is 4. The Morgan fingerprint density at radius 1 is 1.44 bits per heavy atom. The fourth-order valence-corrected chi connectivity index (χ4v) is 3.34. The van der Waals surface area contributed by atoms with Gasteiger partial charge in [0.05, 0.1) is 5.56 Å². The van der Waals surface area contributed by atoms with Crippen LogP contribution in [0.5, 0.6) is 0 Å². The molecule has 0 atom stereocenters. The highest BCUT2D eigenvalue weighted by Crippen LogP contribution is 2.30. The van der Waals surface area contributed by atoms with Gasteiger partial charge in [-0.1, -0.05) is 12.8 Å². The SMILES string of the molecule is Cc1cc(C(=O)O)c(NC(=O)CC2CCCC2)s1. The maximum absolute atomic E-state index is 11.9. The van der Waals surface area contributed by atoms with Gasteiger partial charge in [0.25, 0.3) is 0 Å². The van der Waals surface area contributed by atoms with Crippen molar-refractivity contribution in [3.05, 3.63) is 16.5 Å². The lowest BCUT2D eigenvalue weighted by atomic mass is 10.0. The molecule has 0 unspecified atom stereocenters. The number of nitrogens with one attached hydrogen (secondary N) is 1. The van der Waals surface area contributed by atoms with E-state index in [1.165, 1.54) is 24.2 Å². The van der Waals surface area contributed by atoms with Crippen molar-refractivity contribution in [1.82, 2.24) is 0 Å². The number of amides is 1. The molecule has 1 heterocycles. The van der Waals surface area contributed by atoms with Crippen molar-refractivity contribution in [2.75, 3.05) is 5.32 Å². The van der Waals surface area contributed by atoms with Gasteiger partial charge in [0.1, 0.15) is 5.00 Å². The molecule has 1 fully saturated rings. The molecule has 0 radical (unpaired) electrons. The molecule has 0 bridgehead atoms. The van der Waals surface area contributed by atoms with Crippen LogP contribution >= 0.6 is 11.3 Å². The summed E-state index contributed by atoms with van der Waals surface area (Å²) in [5, 5.41) is 12.2. The van der Waals surface area contributed by atoms with Crippen LogP contribution in [-0.2, 0) is 4.79 Å². The summed E-state index contributed by atoms with van der Waals surface area (Å²) < 4.78 is 0. The average Bonchev–Trinajstić information content (AvgIpc) is 2.88. The number of hydrogen-bond acceptors (Lipinski definition) is 3. The number of carbonyl (C=O) groups is 2. The number of anilines is 1. The second-order valence-electron chi connectivity index (χ2n) is 4.81. The Morgan fingerprint density at radius 3 is 2.72 bits per heavy atom. The molecule has 98 valence electrons. The van der Waals surface area contributed by atoms with Crippen LogP contribution in [0.4, 0.5) is 5.00 Å². The Labute approximate surface area is 110 Å². The smallest absolute Gasteiger partial charge is 0.338 e. The van der Waals surface area contributed by atoms with E-state index in [0.29, 0.717) is 17.3 Å². The van der Waals surface area contributed by atoms with Crippen molar-refractivity contribution < 1.29 is 14.7 Å². The Balaban J connectivity index is 1.99. The summed E-state index contributed by atoms with van der Waals surface area (Å²) in [4.78, 5) is 23.8. The molecule has 1 amide bonds. The summed E-state index contributed by atoms with van der Waals surface area (Å²) in [5.41, 5.74) is 0.192. The molecule has 0 saturated heterocycles. The van der Waals surface area contributed by atoms with Gasteiger partial charge in [-0.25, -0.2) is 4.79 Å². The van der Waals surface area contributed by atoms with Gasteiger partial charge < -0.3 is 10.4 Å². The van der Waals surface area contributed by atoms with Gasteiger partial charge in [-0.3, -0.25) is 4.79 Å². The molecule has 1 aliphatic rings. The molecule has 18 heavy (non-hydrogen) atoms. The number of hydrogen-bond donors (Lipinski definition) is 2. The highest BCUT2D eigenvalue weighted by molar-refractivity contribution is 7.16. The minimum absolute atomic E-state index is 0.0637. The first kappa shape index (κ1) is 13.1. The van der Waals surface area contributed by atoms with Crippen molar-refractivity contribution in [2.45, 2.75) is 39.0 Å². The molecule has 5 heteroatoms. The third-order valence-corrected chi connectivity index (χ3v) is 4.25. The van der Waals surface area contributed by atoms with Crippen LogP contribution < -0.4 is 5.32 Å². The van der Waals surface area contributed by atoms with Crippen molar-refractivity contribution in [2.24, 2.45) is 5.92 Å². The summed E-state index contributed by atoms with van der Waals surface area (Å²) in [6, 6.07) is 1.60. The molecule has 1 aromatic heterocycles. The van der Waals surface area contributed by atoms with Crippen LogP contribution in [0.25, 0.3) is 0 Å². The number of carboxylic acids is 1. The standard InChI is InChI=1S/C13H17NO3S/c1-8-6-10(13(16)17)12(18-8)14-11(15)7-9-4-2-3-5-9/h6,9H,2-5,7H2,1H3,(H,14,15)(H,16,17). The summed E-state index contributed by atoms with van der Waals surface area (Å²) in [6.07, 6.45) is 5.15. The van der Waals surface area contributed by atoms with Crippen LogP contribution in [0.3, 0.4) is 0 Å². The Bertz CT molecular complexity index is 461. The minimum atomic E-state index is -0.990. The first-order chi connectivity index (χ1) is 8.56. The van der Waals surface area contributed by atoms with E-state index in [9.17, 15) is 9.59 Å². The van der Waals surface area contributed by atoms with E-state index < -0.39 is 5.97 Å². The molecule has 4 nitrogen and oxygen atoms in total. The number of aromatic carboxylic acids is 1. The highest BCUT2D eigenvalue weighted by Gasteiger charge is 2.20. The zero-order valence-electron chi connectivity index (χ0n) is 10.4. The maximum Gasteiger partial charge on any atom is 0.338 e. The molecule has 1 aliphatic carbocycles. The second-order valence-corrected chi connectivity index (χ2v) is 6.06. The van der Waals surface area contributed by atoms with Crippen LogP contribution in [0.15, 0.2) is 6.07 Å². The molecule has 0 spiro atoms. The Hall–Kier alpha value is -1.36. The summed E-state index contributed by atoms with van der Waals surface area (Å²) >= 11 is 1.32. The van der Waals surface area contributed by atoms with Crippen molar-refractivity contribution >= 4 is 28.2 Å². The largest absolute Gasteiger partial charge is 0.478 e. The lowest BCUT2D eigenvalue weighted by molar-refractivity contribution is -0.117. The molecule has 1 aromatic rings. The van der Waals surface area contributed by atoms with Crippen LogP contribution in [0, 0.1) is 12.8 Å². The third-order valence-electron chi connectivity index (χ3n) is 3.29. The molecule has 0 aliphatic heterocycles.